The molecule has 3 heteroatoms. The summed E-state index contributed by atoms with van der Waals surface area (Å²) < 4.78 is 12.7. The maximum atomic E-state index is 12.7. The van der Waals surface area contributed by atoms with Crippen LogP contribution in [0.3, 0.4) is 0 Å². The highest BCUT2D eigenvalue weighted by Crippen LogP contribution is 2.36. The molecule has 16 heavy (non-hydrogen) atoms. The zero-order chi connectivity index (χ0) is 11.5. The summed E-state index contributed by atoms with van der Waals surface area (Å²) in [6.07, 6.45) is 4.09. The van der Waals surface area contributed by atoms with Crippen molar-refractivity contribution in [3.8, 4) is 0 Å². The van der Waals surface area contributed by atoms with Gasteiger partial charge in [-0.15, -0.1) is 0 Å². The molecule has 1 aromatic rings. The van der Waals surface area contributed by atoms with E-state index in [0.717, 1.165) is 12.3 Å². The van der Waals surface area contributed by atoms with Gasteiger partial charge in [-0.25, -0.2) is 4.39 Å². The summed E-state index contributed by atoms with van der Waals surface area (Å²) in [4.78, 5) is 11.1. The number of carbonyl (C=O) groups is 1. The molecule has 0 bridgehead atoms. The van der Waals surface area contributed by atoms with E-state index in [1.807, 2.05) is 0 Å². The highest BCUT2D eigenvalue weighted by Gasteiger charge is 2.26. The standard InChI is InChI=1S/C13H15FO2/c14-11-6-4-10(5-7-11)12(13(15)16)8-3-9-1-2-9/h4-7,9,12H,1-3,8H2,(H,15,16). The van der Waals surface area contributed by atoms with Crippen LogP contribution < -0.4 is 0 Å². The molecular formula is C13H15FO2. The first-order chi connectivity index (χ1) is 7.66. The van der Waals surface area contributed by atoms with Crippen LogP contribution in [-0.4, -0.2) is 11.1 Å². The number of hydrogen-bond donors (Lipinski definition) is 1. The molecule has 1 fully saturated rings. The average Bonchev–Trinajstić information content (AvgIpc) is 3.04. The number of aliphatic carboxylic acids is 1. The molecule has 1 aromatic carbocycles. The van der Waals surface area contributed by atoms with Crippen molar-refractivity contribution in [2.24, 2.45) is 5.92 Å². The Morgan fingerprint density at radius 2 is 2.00 bits per heavy atom. The van der Waals surface area contributed by atoms with E-state index in [0.29, 0.717) is 12.0 Å². The Hall–Kier alpha value is -1.38. The van der Waals surface area contributed by atoms with E-state index in [1.54, 1.807) is 12.1 Å². The molecule has 1 saturated carbocycles. The third kappa shape index (κ3) is 2.81. The van der Waals surface area contributed by atoms with Gasteiger partial charge >= 0.3 is 5.97 Å². The first kappa shape index (κ1) is 11.1. The summed E-state index contributed by atoms with van der Waals surface area (Å²) in [5, 5.41) is 9.14. The van der Waals surface area contributed by atoms with Crippen molar-refractivity contribution in [3.05, 3.63) is 35.6 Å². The van der Waals surface area contributed by atoms with Gasteiger partial charge in [0.05, 0.1) is 5.92 Å². The van der Waals surface area contributed by atoms with Crippen LogP contribution in [0.2, 0.25) is 0 Å². The van der Waals surface area contributed by atoms with E-state index in [9.17, 15) is 9.18 Å². The second-order valence-electron chi connectivity index (χ2n) is 4.46. The normalized spacial score (nSPS) is 17.1. The van der Waals surface area contributed by atoms with E-state index < -0.39 is 11.9 Å². The summed E-state index contributed by atoms with van der Waals surface area (Å²) in [5.41, 5.74) is 0.703. The molecule has 1 aliphatic rings. The van der Waals surface area contributed by atoms with Gasteiger partial charge in [0, 0.05) is 0 Å². The lowest BCUT2D eigenvalue weighted by Crippen LogP contribution is -2.11. The molecule has 2 nitrogen and oxygen atoms in total. The maximum absolute atomic E-state index is 12.7. The Balaban J connectivity index is 2.04. The SMILES string of the molecule is O=C(O)C(CCC1CC1)c1ccc(F)cc1. The van der Waals surface area contributed by atoms with Crippen LogP contribution >= 0.6 is 0 Å². The maximum Gasteiger partial charge on any atom is 0.310 e. The van der Waals surface area contributed by atoms with Crippen LogP contribution in [0, 0.1) is 11.7 Å². The highest BCUT2D eigenvalue weighted by molar-refractivity contribution is 5.76. The van der Waals surface area contributed by atoms with E-state index in [-0.39, 0.29) is 5.82 Å². The second kappa shape index (κ2) is 4.64. The number of carboxylic acids is 1. The lowest BCUT2D eigenvalue weighted by molar-refractivity contribution is -0.139. The fraction of sp³-hybridized carbons (Fsp3) is 0.462. The molecule has 0 saturated heterocycles. The van der Waals surface area contributed by atoms with Gasteiger partial charge < -0.3 is 5.11 Å². The Morgan fingerprint density at radius 3 is 2.50 bits per heavy atom. The molecule has 86 valence electrons. The van der Waals surface area contributed by atoms with Gasteiger partial charge in [0.25, 0.3) is 0 Å². The molecule has 0 amide bonds. The molecule has 0 spiro atoms. The zero-order valence-electron chi connectivity index (χ0n) is 9.03. The van der Waals surface area contributed by atoms with Crippen molar-refractivity contribution in [2.75, 3.05) is 0 Å². The van der Waals surface area contributed by atoms with Gasteiger partial charge in [-0.1, -0.05) is 25.0 Å². The Bertz CT molecular complexity index is 368. The minimum atomic E-state index is -0.813. The van der Waals surface area contributed by atoms with Gasteiger partial charge in [-0.05, 0) is 36.5 Å². The molecule has 0 aromatic heterocycles. The van der Waals surface area contributed by atoms with Gasteiger partial charge in [0.1, 0.15) is 5.82 Å². The van der Waals surface area contributed by atoms with Crippen LogP contribution in [-0.2, 0) is 4.79 Å². The molecule has 1 unspecified atom stereocenters. The third-order valence-electron chi connectivity index (χ3n) is 3.13. The van der Waals surface area contributed by atoms with E-state index in [2.05, 4.69) is 0 Å². The van der Waals surface area contributed by atoms with Crippen molar-refractivity contribution >= 4 is 5.97 Å². The van der Waals surface area contributed by atoms with E-state index >= 15 is 0 Å². The highest BCUT2D eigenvalue weighted by atomic mass is 19.1. The Morgan fingerprint density at radius 1 is 1.38 bits per heavy atom. The minimum absolute atomic E-state index is 0.324. The smallest absolute Gasteiger partial charge is 0.310 e. The molecule has 2 rings (SSSR count). The topological polar surface area (TPSA) is 37.3 Å². The van der Waals surface area contributed by atoms with Crippen LogP contribution in [0.5, 0.6) is 0 Å². The first-order valence-corrected chi connectivity index (χ1v) is 5.65. The molecule has 0 heterocycles. The van der Waals surface area contributed by atoms with E-state index in [1.165, 1.54) is 25.0 Å². The van der Waals surface area contributed by atoms with Gasteiger partial charge in [0.15, 0.2) is 0 Å². The summed E-state index contributed by atoms with van der Waals surface area (Å²) in [5.74, 6) is -0.897. The molecule has 1 N–H and O–H groups in total. The van der Waals surface area contributed by atoms with Crippen molar-refractivity contribution < 1.29 is 14.3 Å². The molecule has 1 aliphatic carbocycles. The molecule has 0 radical (unpaired) electrons. The van der Waals surface area contributed by atoms with Gasteiger partial charge in [-0.2, -0.15) is 0 Å². The summed E-state index contributed by atoms with van der Waals surface area (Å²) in [6, 6.07) is 5.78. The summed E-state index contributed by atoms with van der Waals surface area (Å²) >= 11 is 0. The number of rotatable bonds is 5. The quantitative estimate of drug-likeness (QED) is 0.830. The predicted molar refractivity (Wildman–Crippen MR) is 58.7 cm³/mol. The number of halogens is 1. The van der Waals surface area contributed by atoms with Crippen LogP contribution in [0.1, 0.15) is 37.2 Å². The fourth-order valence-electron chi connectivity index (χ4n) is 1.94. The van der Waals surface area contributed by atoms with Crippen molar-refractivity contribution in [2.45, 2.75) is 31.6 Å². The third-order valence-corrected chi connectivity index (χ3v) is 3.13. The lowest BCUT2D eigenvalue weighted by Gasteiger charge is -2.12. The van der Waals surface area contributed by atoms with Crippen LogP contribution in [0.15, 0.2) is 24.3 Å². The van der Waals surface area contributed by atoms with E-state index in [4.69, 9.17) is 5.11 Å². The van der Waals surface area contributed by atoms with Crippen LogP contribution in [0.25, 0.3) is 0 Å². The molecular weight excluding hydrogens is 207 g/mol. The Labute approximate surface area is 94.1 Å². The average molecular weight is 222 g/mol. The first-order valence-electron chi connectivity index (χ1n) is 5.65. The van der Waals surface area contributed by atoms with Gasteiger partial charge in [0.2, 0.25) is 0 Å². The monoisotopic (exact) mass is 222 g/mol. The van der Waals surface area contributed by atoms with Crippen molar-refractivity contribution in [1.82, 2.24) is 0 Å². The number of hydrogen-bond acceptors (Lipinski definition) is 1. The van der Waals surface area contributed by atoms with Crippen molar-refractivity contribution in [3.63, 3.8) is 0 Å². The Kier molecular flexibility index (Phi) is 3.22. The second-order valence-corrected chi connectivity index (χ2v) is 4.46. The number of benzene rings is 1. The predicted octanol–water partition coefficient (Wildman–Crippen LogP) is 3.18. The summed E-state index contributed by atoms with van der Waals surface area (Å²) in [7, 11) is 0. The zero-order valence-corrected chi connectivity index (χ0v) is 9.03. The lowest BCUT2D eigenvalue weighted by atomic mass is 9.93. The molecule has 0 aliphatic heterocycles. The fourth-order valence-corrected chi connectivity index (χ4v) is 1.94. The van der Waals surface area contributed by atoms with Gasteiger partial charge in [-0.3, -0.25) is 4.79 Å². The number of carboxylic acid groups (broad SMARTS) is 1. The molecule has 1 atom stereocenters. The largest absolute Gasteiger partial charge is 0.481 e. The van der Waals surface area contributed by atoms with Crippen molar-refractivity contribution in [1.29, 1.82) is 0 Å². The summed E-state index contributed by atoms with van der Waals surface area (Å²) in [6.45, 7) is 0. The van der Waals surface area contributed by atoms with Crippen LogP contribution in [0.4, 0.5) is 4.39 Å². The minimum Gasteiger partial charge on any atom is -0.481 e.